The molecule has 0 aliphatic rings. The zero-order valence-corrected chi connectivity index (χ0v) is 13.5. The number of hydrogen-bond donors (Lipinski definition) is 1. The minimum Gasteiger partial charge on any atom is -0.298 e. The maximum atomic E-state index is 12.5. The van der Waals surface area contributed by atoms with Gasteiger partial charge in [-0.3, -0.25) is 9.36 Å². The fourth-order valence-electron chi connectivity index (χ4n) is 2.13. The smallest absolute Gasteiger partial charge is 0.262 e. The predicted molar refractivity (Wildman–Crippen MR) is 85.5 cm³/mol. The van der Waals surface area contributed by atoms with Gasteiger partial charge in [-0.2, -0.15) is 12.6 Å². The Kier molecular flexibility index (Phi) is 4.36. The summed E-state index contributed by atoms with van der Waals surface area (Å²) in [6.45, 7) is 9.06. The lowest BCUT2D eigenvalue weighted by Gasteiger charge is -2.19. The fourth-order valence-corrected chi connectivity index (χ4v) is 3.66. The summed E-state index contributed by atoms with van der Waals surface area (Å²) in [6, 6.07) is 0. The van der Waals surface area contributed by atoms with Crippen LogP contribution in [0.4, 0.5) is 0 Å². The van der Waals surface area contributed by atoms with Gasteiger partial charge in [-0.25, -0.2) is 4.98 Å². The standard InChI is InChI=1S/C14H20N2OS2/c1-8(2)11(6-18)5-16-7-15-13-12(14(16)17)9(3)10(4)19-13/h7-8,11,18H,5-6H2,1-4H3. The third-order valence-electron chi connectivity index (χ3n) is 3.76. The number of thiol groups is 1. The highest BCUT2D eigenvalue weighted by atomic mass is 32.1. The molecule has 2 aromatic heterocycles. The van der Waals surface area contributed by atoms with E-state index >= 15 is 0 Å². The van der Waals surface area contributed by atoms with Crippen molar-refractivity contribution in [2.75, 3.05) is 5.75 Å². The maximum absolute atomic E-state index is 12.5. The molecule has 5 heteroatoms. The fraction of sp³-hybridized carbons (Fsp3) is 0.571. The summed E-state index contributed by atoms with van der Waals surface area (Å²) in [4.78, 5) is 19.0. The van der Waals surface area contributed by atoms with E-state index in [1.807, 2.05) is 13.8 Å². The summed E-state index contributed by atoms with van der Waals surface area (Å²) in [5.41, 5.74) is 1.15. The van der Waals surface area contributed by atoms with Gasteiger partial charge in [0, 0.05) is 11.4 Å². The lowest BCUT2D eigenvalue weighted by Crippen LogP contribution is -2.27. The van der Waals surface area contributed by atoms with E-state index in [2.05, 4.69) is 31.5 Å². The molecule has 0 radical (unpaired) electrons. The molecular formula is C14H20N2OS2. The lowest BCUT2D eigenvalue weighted by molar-refractivity contribution is 0.366. The molecular weight excluding hydrogens is 276 g/mol. The summed E-state index contributed by atoms with van der Waals surface area (Å²) >= 11 is 5.98. The van der Waals surface area contributed by atoms with Crippen molar-refractivity contribution in [1.82, 2.24) is 9.55 Å². The Bertz CT molecular complexity index is 643. The molecule has 0 aliphatic heterocycles. The average molecular weight is 296 g/mol. The molecule has 0 fully saturated rings. The molecule has 2 rings (SSSR count). The SMILES string of the molecule is Cc1sc2ncn(CC(CS)C(C)C)c(=O)c2c1C. The molecule has 3 nitrogen and oxygen atoms in total. The summed E-state index contributed by atoms with van der Waals surface area (Å²) < 4.78 is 1.74. The van der Waals surface area contributed by atoms with Crippen molar-refractivity contribution < 1.29 is 0 Å². The molecule has 1 atom stereocenters. The van der Waals surface area contributed by atoms with Crippen LogP contribution in [0.1, 0.15) is 24.3 Å². The highest BCUT2D eigenvalue weighted by Gasteiger charge is 2.16. The number of aryl methyl sites for hydroxylation is 2. The van der Waals surface area contributed by atoms with E-state index < -0.39 is 0 Å². The van der Waals surface area contributed by atoms with Crippen LogP contribution >= 0.6 is 24.0 Å². The van der Waals surface area contributed by atoms with Gasteiger partial charge in [-0.05, 0) is 37.0 Å². The summed E-state index contributed by atoms with van der Waals surface area (Å²) in [5.74, 6) is 1.68. The summed E-state index contributed by atoms with van der Waals surface area (Å²) in [6.07, 6.45) is 1.68. The van der Waals surface area contributed by atoms with Crippen LogP contribution < -0.4 is 5.56 Å². The first-order valence-corrected chi connectivity index (χ1v) is 7.96. The van der Waals surface area contributed by atoms with Crippen molar-refractivity contribution in [3.8, 4) is 0 Å². The van der Waals surface area contributed by atoms with Gasteiger partial charge in [-0.15, -0.1) is 11.3 Å². The van der Waals surface area contributed by atoms with Gasteiger partial charge in [0.05, 0.1) is 11.7 Å². The largest absolute Gasteiger partial charge is 0.298 e. The second-order valence-electron chi connectivity index (χ2n) is 5.35. The minimum absolute atomic E-state index is 0.0827. The zero-order chi connectivity index (χ0) is 14.2. The Morgan fingerprint density at radius 3 is 2.68 bits per heavy atom. The van der Waals surface area contributed by atoms with E-state index in [0.29, 0.717) is 18.4 Å². The highest BCUT2D eigenvalue weighted by molar-refractivity contribution is 7.80. The van der Waals surface area contributed by atoms with Crippen LogP contribution in [0.3, 0.4) is 0 Å². The van der Waals surface area contributed by atoms with E-state index in [1.54, 1.807) is 22.2 Å². The molecule has 104 valence electrons. The van der Waals surface area contributed by atoms with Crippen molar-refractivity contribution in [2.45, 2.75) is 34.2 Å². The second kappa shape index (κ2) is 5.67. The van der Waals surface area contributed by atoms with Gasteiger partial charge in [0.1, 0.15) is 4.83 Å². The van der Waals surface area contributed by atoms with E-state index in [4.69, 9.17) is 0 Å². The predicted octanol–water partition coefficient (Wildman–Crippen LogP) is 3.28. The van der Waals surface area contributed by atoms with Crippen LogP contribution in [0.2, 0.25) is 0 Å². The number of aromatic nitrogens is 2. The molecule has 0 saturated carbocycles. The van der Waals surface area contributed by atoms with E-state index in [0.717, 1.165) is 21.5 Å². The number of rotatable bonds is 4. The molecule has 2 heterocycles. The van der Waals surface area contributed by atoms with Gasteiger partial charge < -0.3 is 0 Å². The maximum Gasteiger partial charge on any atom is 0.262 e. The molecule has 0 saturated heterocycles. The molecule has 1 unspecified atom stereocenters. The van der Waals surface area contributed by atoms with Crippen LogP contribution in [-0.2, 0) is 6.54 Å². The molecule has 0 bridgehead atoms. The monoisotopic (exact) mass is 296 g/mol. The second-order valence-corrected chi connectivity index (χ2v) is 6.92. The van der Waals surface area contributed by atoms with Crippen LogP contribution in [0, 0.1) is 25.7 Å². The minimum atomic E-state index is 0.0827. The van der Waals surface area contributed by atoms with Crippen molar-refractivity contribution in [3.63, 3.8) is 0 Å². The van der Waals surface area contributed by atoms with Crippen molar-refractivity contribution in [1.29, 1.82) is 0 Å². The number of hydrogen-bond acceptors (Lipinski definition) is 4. The Balaban J connectivity index is 2.48. The van der Waals surface area contributed by atoms with Gasteiger partial charge >= 0.3 is 0 Å². The van der Waals surface area contributed by atoms with E-state index in [9.17, 15) is 4.79 Å². The first-order valence-electron chi connectivity index (χ1n) is 6.51. The van der Waals surface area contributed by atoms with Gasteiger partial charge in [0.2, 0.25) is 0 Å². The molecule has 0 spiro atoms. The average Bonchev–Trinajstić information content (AvgIpc) is 2.65. The zero-order valence-electron chi connectivity index (χ0n) is 11.8. The topological polar surface area (TPSA) is 34.9 Å². The normalized spacial score (nSPS) is 13.4. The van der Waals surface area contributed by atoms with Gasteiger partial charge in [-0.1, -0.05) is 13.8 Å². The summed E-state index contributed by atoms with van der Waals surface area (Å²) in [5, 5.41) is 0.784. The van der Waals surface area contributed by atoms with Crippen LogP contribution in [0.25, 0.3) is 10.2 Å². The molecule has 0 amide bonds. The highest BCUT2D eigenvalue weighted by Crippen LogP contribution is 2.25. The van der Waals surface area contributed by atoms with E-state index in [-0.39, 0.29) is 5.56 Å². The molecule has 0 aromatic carbocycles. The lowest BCUT2D eigenvalue weighted by atomic mass is 9.98. The van der Waals surface area contributed by atoms with Crippen LogP contribution in [0.5, 0.6) is 0 Å². The quantitative estimate of drug-likeness (QED) is 0.879. The third-order valence-corrected chi connectivity index (χ3v) is 5.35. The van der Waals surface area contributed by atoms with Crippen molar-refractivity contribution in [2.24, 2.45) is 11.8 Å². The number of nitrogens with zero attached hydrogens (tertiary/aromatic N) is 2. The Morgan fingerprint density at radius 2 is 2.11 bits per heavy atom. The molecule has 0 aliphatic carbocycles. The Morgan fingerprint density at radius 1 is 1.42 bits per heavy atom. The number of thiophene rings is 1. The first-order chi connectivity index (χ1) is 8.95. The first kappa shape index (κ1) is 14.6. The van der Waals surface area contributed by atoms with Crippen molar-refractivity contribution >= 4 is 34.2 Å². The third kappa shape index (κ3) is 2.72. The van der Waals surface area contributed by atoms with Gasteiger partial charge in [0.15, 0.2) is 0 Å². The van der Waals surface area contributed by atoms with E-state index in [1.165, 1.54) is 4.88 Å². The molecule has 0 N–H and O–H groups in total. The number of fused-ring (bicyclic) bond motifs is 1. The van der Waals surface area contributed by atoms with Gasteiger partial charge in [0.25, 0.3) is 5.56 Å². The summed E-state index contributed by atoms with van der Waals surface area (Å²) in [7, 11) is 0. The molecule has 19 heavy (non-hydrogen) atoms. The van der Waals surface area contributed by atoms with Crippen molar-refractivity contribution in [3.05, 3.63) is 27.1 Å². The Labute approximate surface area is 123 Å². The van der Waals surface area contributed by atoms with Crippen LogP contribution in [0.15, 0.2) is 11.1 Å². The van der Waals surface area contributed by atoms with Crippen LogP contribution in [-0.4, -0.2) is 15.3 Å². The Hall–Kier alpha value is -0.810. The molecule has 2 aromatic rings.